The number of urea groups is 1. The van der Waals surface area contributed by atoms with Crippen LogP contribution in [-0.2, 0) is 11.2 Å². The van der Waals surface area contributed by atoms with E-state index in [9.17, 15) is 9.18 Å². The summed E-state index contributed by atoms with van der Waals surface area (Å²) in [5.41, 5.74) is 1.66. The third-order valence-corrected chi connectivity index (χ3v) is 7.29. The lowest BCUT2D eigenvalue weighted by atomic mass is 9.93. The Bertz CT molecular complexity index is 1140. The molecule has 2 fully saturated rings. The zero-order valence-electron chi connectivity index (χ0n) is 17.1. The highest BCUT2D eigenvalue weighted by Gasteiger charge is 2.43. The quantitative estimate of drug-likeness (QED) is 0.619. The van der Waals surface area contributed by atoms with Gasteiger partial charge in [0.1, 0.15) is 5.82 Å². The lowest BCUT2D eigenvalue weighted by Gasteiger charge is -2.43. The van der Waals surface area contributed by atoms with Crippen molar-refractivity contribution < 1.29 is 18.4 Å². The molecule has 1 saturated heterocycles. The third kappa shape index (κ3) is 3.51. The van der Waals surface area contributed by atoms with Crippen LogP contribution in [0.4, 0.5) is 20.3 Å². The highest BCUT2D eigenvalue weighted by Crippen LogP contribution is 2.43. The van der Waals surface area contributed by atoms with Crippen LogP contribution in [0.25, 0.3) is 11.4 Å². The Labute approximate surface area is 187 Å². The number of anilines is 2. The van der Waals surface area contributed by atoms with Gasteiger partial charge in [-0.05, 0) is 43.5 Å². The summed E-state index contributed by atoms with van der Waals surface area (Å²) < 4.78 is 24.7. The number of halogens is 1. The molecule has 2 aliphatic heterocycles. The average molecular weight is 457 g/mol. The lowest BCUT2D eigenvalue weighted by molar-refractivity contribution is 0.0570. The van der Waals surface area contributed by atoms with Crippen LogP contribution in [0.15, 0.2) is 28.8 Å². The second-order valence-corrected chi connectivity index (χ2v) is 9.31. The topological polar surface area (TPSA) is 105 Å². The number of hydrogen-bond donors (Lipinski definition) is 2. The summed E-state index contributed by atoms with van der Waals surface area (Å²) in [4.78, 5) is 24.6. The molecule has 2 aromatic heterocycles. The molecule has 1 saturated carbocycles. The molecule has 166 valence electrons. The van der Waals surface area contributed by atoms with Crippen molar-refractivity contribution in [2.45, 2.75) is 43.8 Å². The molecule has 2 unspecified atom stereocenters. The van der Waals surface area contributed by atoms with Gasteiger partial charge in [0, 0.05) is 18.0 Å². The maximum absolute atomic E-state index is 13.2. The predicted molar refractivity (Wildman–Crippen MR) is 115 cm³/mol. The number of rotatable bonds is 4. The maximum Gasteiger partial charge on any atom is 0.325 e. The van der Waals surface area contributed by atoms with Crippen molar-refractivity contribution in [3.63, 3.8) is 0 Å². The van der Waals surface area contributed by atoms with E-state index in [1.54, 1.807) is 12.1 Å². The maximum atomic E-state index is 13.2. The largest absolute Gasteiger partial charge is 0.377 e. The molecular weight excluding hydrogens is 435 g/mol. The highest BCUT2D eigenvalue weighted by atomic mass is 32.1. The predicted octanol–water partition coefficient (Wildman–Crippen LogP) is 3.51. The van der Waals surface area contributed by atoms with Crippen molar-refractivity contribution in [1.29, 1.82) is 0 Å². The van der Waals surface area contributed by atoms with Crippen LogP contribution in [0.3, 0.4) is 0 Å². The summed E-state index contributed by atoms with van der Waals surface area (Å²) >= 11 is 1.45. The van der Waals surface area contributed by atoms with E-state index in [4.69, 9.17) is 9.26 Å². The first-order chi connectivity index (χ1) is 15.6. The summed E-state index contributed by atoms with van der Waals surface area (Å²) in [6.07, 6.45) is 3.88. The highest BCUT2D eigenvalue weighted by molar-refractivity contribution is 7.16. The number of nitrogens with one attached hydrogen (secondary N) is 2. The van der Waals surface area contributed by atoms with E-state index in [1.165, 1.54) is 23.5 Å². The van der Waals surface area contributed by atoms with Crippen molar-refractivity contribution in [1.82, 2.24) is 20.4 Å². The minimum atomic E-state index is -0.316. The molecule has 0 radical (unpaired) electrons. The molecule has 3 aliphatic rings. The molecule has 9 nitrogen and oxygen atoms in total. The molecule has 2 atom stereocenters. The first-order valence-corrected chi connectivity index (χ1v) is 11.5. The van der Waals surface area contributed by atoms with Crippen LogP contribution in [0.5, 0.6) is 0 Å². The summed E-state index contributed by atoms with van der Waals surface area (Å²) in [6, 6.07) is 6.32. The van der Waals surface area contributed by atoms with Crippen molar-refractivity contribution in [3.05, 3.63) is 40.7 Å². The number of nitrogens with zero attached hydrogens (tertiary/aromatic N) is 4. The Morgan fingerprint density at radius 2 is 2.03 bits per heavy atom. The number of aromatic nitrogens is 3. The fraction of sp³-hybridized carbons (Fsp3) is 0.429. The second kappa shape index (κ2) is 7.82. The van der Waals surface area contributed by atoms with Gasteiger partial charge in [0.2, 0.25) is 5.82 Å². The first-order valence-electron chi connectivity index (χ1n) is 10.7. The van der Waals surface area contributed by atoms with E-state index in [1.807, 2.05) is 0 Å². The molecule has 4 heterocycles. The van der Waals surface area contributed by atoms with Crippen molar-refractivity contribution >= 4 is 28.5 Å². The summed E-state index contributed by atoms with van der Waals surface area (Å²) in [7, 11) is 0. The number of morpholine rings is 1. The van der Waals surface area contributed by atoms with Crippen LogP contribution in [0.1, 0.15) is 35.9 Å². The fourth-order valence-corrected chi connectivity index (χ4v) is 5.41. The molecule has 11 heteroatoms. The summed E-state index contributed by atoms with van der Waals surface area (Å²) in [5, 5.41) is 10.5. The zero-order valence-corrected chi connectivity index (χ0v) is 17.9. The number of ether oxygens (including phenoxy) is 1. The summed E-state index contributed by atoms with van der Waals surface area (Å²) in [6.45, 7) is 0.986. The van der Waals surface area contributed by atoms with Crippen LogP contribution >= 0.6 is 11.3 Å². The Hall–Kier alpha value is -3.05. The molecule has 2 amide bonds. The van der Waals surface area contributed by atoms with Crippen LogP contribution in [0.2, 0.25) is 0 Å². The van der Waals surface area contributed by atoms with Gasteiger partial charge in [-0.1, -0.05) is 16.5 Å². The Balaban J connectivity index is 1.24. The minimum absolute atomic E-state index is 0.00141. The van der Waals surface area contributed by atoms with E-state index in [0.29, 0.717) is 42.2 Å². The Kier molecular flexibility index (Phi) is 4.80. The van der Waals surface area contributed by atoms with E-state index in [2.05, 4.69) is 30.7 Å². The van der Waals surface area contributed by atoms with Crippen molar-refractivity contribution in [2.75, 3.05) is 23.4 Å². The van der Waals surface area contributed by atoms with Gasteiger partial charge < -0.3 is 19.5 Å². The van der Waals surface area contributed by atoms with Gasteiger partial charge in [0.15, 0.2) is 5.13 Å². The van der Waals surface area contributed by atoms with E-state index in [-0.39, 0.29) is 30.0 Å². The first kappa shape index (κ1) is 19.6. The smallest absolute Gasteiger partial charge is 0.325 e. The van der Waals surface area contributed by atoms with Gasteiger partial charge in [-0.2, -0.15) is 4.98 Å². The van der Waals surface area contributed by atoms with Crippen molar-refractivity contribution in [3.8, 4) is 11.4 Å². The standard InChI is InChI=1S/C21H21FN6O3S/c22-12-6-4-11(5-7-12)18-25-21(31-27-18)28-14-8-15-17(16(28)10-30-9-14)32-20(24-15)26-19(29)23-13-2-1-3-13/h4-7,13-14,16H,1-3,8-10H2,(H2,23,24,26,29). The Morgan fingerprint density at radius 3 is 2.81 bits per heavy atom. The number of amides is 2. The molecule has 1 aromatic carbocycles. The van der Waals surface area contributed by atoms with Gasteiger partial charge in [-0.15, -0.1) is 0 Å². The Morgan fingerprint density at radius 1 is 1.19 bits per heavy atom. The van der Waals surface area contributed by atoms with Crippen LogP contribution in [0, 0.1) is 5.82 Å². The SMILES string of the molecule is O=C(Nc1nc2c(s1)C1COCC(C2)N1c1nc(-c2ccc(F)cc2)no1)NC1CCC1. The van der Waals surface area contributed by atoms with Crippen molar-refractivity contribution in [2.24, 2.45) is 0 Å². The number of benzene rings is 1. The second-order valence-electron chi connectivity index (χ2n) is 8.28. The normalized spacial score (nSPS) is 22.2. The van der Waals surface area contributed by atoms with Gasteiger partial charge in [-0.25, -0.2) is 14.2 Å². The lowest BCUT2D eigenvalue weighted by Crippen LogP contribution is -2.51. The monoisotopic (exact) mass is 456 g/mol. The number of hydrogen-bond acceptors (Lipinski definition) is 8. The molecule has 32 heavy (non-hydrogen) atoms. The number of fused-ring (bicyclic) bond motifs is 4. The summed E-state index contributed by atoms with van der Waals surface area (Å²) in [5.74, 6) is 0.0906. The molecule has 6 rings (SSSR count). The molecule has 2 bridgehead atoms. The zero-order chi connectivity index (χ0) is 21.7. The van der Waals surface area contributed by atoms with Crippen LogP contribution < -0.4 is 15.5 Å². The molecule has 2 N–H and O–H groups in total. The van der Waals surface area contributed by atoms with Gasteiger partial charge in [0.25, 0.3) is 0 Å². The molecule has 0 spiro atoms. The number of carbonyl (C=O) groups is 1. The number of thiazole rings is 1. The van der Waals surface area contributed by atoms with E-state index < -0.39 is 0 Å². The molecular formula is C21H21FN6O3S. The molecule has 3 aromatic rings. The van der Waals surface area contributed by atoms with Gasteiger partial charge in [0.05, 0.1) is 35.9 Å². The van der Waals surface area contributed by atoms with Gasteiger partial charge >= 0.3 is 12.0 Å². The average Bonchev–Trinajstić information content (AvgIpc) is 3.38. The van der Waals surface area contributed by atoms with Crippen LogP contribution in [-0.4, -0.2) is 46.5 Å². The third-order valence-electron chi connectivity index (χ3n) is 6.17. The fourth-order valence-electron chi connectivity index (χ4n) is 4.33. The molecule has 1 aliphatic carbocycles. The van der Waals surface area contributed by atoms with E-state index >= 15 is 0 Å². The number of carbonyl (C=O) groups excluding carboxylic acids is 1. The van der Waals surface area contributed by atoms with E-state index in [0.717, 1.165) is 29.8 Å². The minimum Gasteiger partial charge on any atom is -0.377 e. The van der Waals surface area contributed by atoms with Gasteiger partial charge in [-0.3, -0.25) is 5.32 Å².